The summed E-state index contributed by atoms with van der Waals surface area (Å²) in [7, 11) is 1.50. The zero-order chi connectivity index (χ0) is 11.7. The van der Waals surface area contributed by atoms with Crippen LogP contribution < -0.4 is 5.73 Å². The number of nitrogens with one attached hydrogen (secondary N) is 1. The molecule has 1 heterocycles. The van der Waals surface area contributed by atoms with E-state index < -0.39 is 17.7 Å². The molecule has 1 aromatic carbocycles. The summed E-state index contributed by atoms with van der Waals surface area (Å²) in [5.74, 6) is -0.982. The topological polar surface area (TPSA) is 63.9 Å². The molecule has 0 aliphatic heterocycles. The number of halogens is 2. The molecule has 3 N–H and O–H groups in total. The third kappa shape index (κ3) is 1.89. The molecule has 0 saturated heterocycles. The Morgan fingerprint density at radius 2 is 2.25 bits per heavy atom. The number of fused-ring (bicyclic) bond motifs is 1. The van der Waals surface area contributed by atoms with E-state index in [1.807, 2.05) is 0 Å². The van der Waals surface area contributed by atoms with Crippen molar-refractivity contribution < 1.29 is 13.5 Å². The number of aromatic nitrogens is 2. The molecule has 4 nitrogen and oxygen atoms in total. The van der Waals surface area contributed by atoms with E-state index in [1.165, 1.54) is 13.2 Å². The lowest BCUT2D eigenvalue weighted by Crippen LogP contribution is -2.17. The van der Waals surface area contributed by atoms with Gasteiger partial charge in [-0.25, -0.2) is 13.8 Å². The highest BCUT2D eigenvalue weighted by Crippen LogP contribution is 2.19. The number of hydrogen-bond donors (Lipinski definition) is 2. The molecule has 2 aromatic rings. The Labute approximate surface area is 90.4 Å². The minimum atomic E-state index is -0.706. The fourth-order valence-corrected chi connectivity index (χ4v) is 1.50. The number of hydrogen-bond acceptors (Lipinski definition) is 3. The molecule has 1 aromatic heterocycles. The molecule has 6 heteroatoms. The normalized spacial score (nSPS) is 13.2. The van der Waals surface area contributed by atoms with Gasteiger partial charge in [0, 0.05) is 13.2 Å². The summed E-state index contributed by atoms with van der Waals surface area (Å²) in [5.41, 5.74) is 6.10. The first-order valence-electron chi connectivity index (χ1n) is 4.71. The van der Waals surface area contributed by atoms with Gasteiger partial charge in [0.15, 0.2) is 5.82 Å². The average molecular weight is 227 g/mol. The maximum Gasteiger partial charge on any atom is 0.153 e. The van der Waals surface area contributed by atoms with Gasteiger partial charge in [0.2, 0.25) is 0 Å². The molecule has 16 heavy (non-hydrogen) atoms. The number of aromatic amines is 1. The summed E-state index contributed by atoms with van der Waals surface area (Å²) >= 11 is 0. The van der Waals surface area contributed by atoms with Gasteiger partial charge < -0.3 is 15.5 Å². The Kier molecular flexibility index (Phi) is 2.84. The van der Waals surface area contributed by atoms with Crippen molar-refractivity contribution in [3.63, 3.8) is 0 Å². The fourth-order valence-electron chi connectivity index (χ4n) is 1.50. The van der Waals surface area contributed by atoms with Crippen LogP contribution in [-0.4, -0.2) is 23.7 Å². The van der Waals surface area contributed by atoms with Crippen molar-refractivity contribution in [1.82, 2.24) is 9.97 Å². The van der Waals surface area contributed by atoms with Gasteiger partial charge in [-0.15, -0.1) is 0 Å². The maximum absolute atomic E-state index is 13.3. The molecule has 0 saturated carbocycles. The average Bonchev–Trinajstić information content (AvgIpc) is 2.62. The third-order valence-corrected chi connectivity index (χ3v) is 2.22. The van der Waals surface area contributed by atoms with Gasteiger partial charge >= 0.3 is 0 Å². The summed E-state index contributed by atoms with van der Waals surface area (Å²) in [6.07, 6.45) is 0. The highest BCUT2D eigenvalue weighted by atomic mass is 19.1. The number of benzene rings is 1. The van der Waals surface area contributed by atoms with E-state index in [4.69, 9.17) is 10.5 Å². The van der Waals surface area contributed by atoms with Crippen LogP contribution in [0, 0.1) is 11.6 Å². The quantitative estimate of drug-likeness (QED) is 0.834. The first-order chi connectivity index (χ1) is 7.61. The van der Waals surface area contributed by atoms with Gasteiger partial charge in [0.1, 0.15) is 17.2 Å². The molecule has 2 rings (SSSR count). The largest absolute Gasteiger partial charge is 0.383 e. The minimum Gasteiger partial charge on any atom is -0.383 e. The Morgan fingerprint density at radius 3 is 2.94 bits per heavy atom. The van der Waals surface area contributed by atoms with Gasteiger partial charge in [-0.2, -0.15) is 0 Å². The number of rotatable bonds is 3. The summed E-state index contributed by atoms with van der Waals surface area (Å²) in [5, 5.41) is 0. The standard InChI is InChI=1S/C10H11F2N3O/c1-16-4-7(13)10-14-8-3-5(11)2-6(12)9(8)15-10/h2-3,7H,4,13H2,1H3,(H,14,15). The predicted octanol–water partition coefficient (Wildman–Crippen LogP) is 1.49. The van der Waals surface area contributed by atoms with Crippen LogP contribution in [0.5, 0.6) is 0 Å². The smallest absolute Gasteiger partial charge is 0.153 e. The van der Waals surface area contributed by atoms with Crippen LogP contribution in [0.3, 0.4) is 0 Å². The Morgan fingerprint density at radius 1 is 1.50 bits per heavy atom. The molecule has 0 bridgehead atoms. The van der Waals surface area contributed by atoms with Crippen molar-refractivity contribution in [2.24, 2.45) is 5.73 Å². The number of H-pyrrole nitrogens is 1. The van der Waals surface area contributed by atoms with Gasteiger partial charge in [-0.05, 0) is 6.07 Å². The van der Waals surface area contributed by atoms with Crippen LogP contribution >= 0.6 is 0 Å². The van der Waals surface area contributed by atoms with Crippen molar-refractivity contribution in [2.75, 3.05) is 13.7 Å². The van der Waals surface area contributed by atoms with Crippen LogP contribution in [0.25, 0.3) is 11.0 Å². The van der Waals surface area contributed by atoms with Gasteiger partial charge in [0.25, 0.3) is 0 Å². The van der Waals surface area contributed by atoms with Crippen molar-refractivity contribution in [3.05, 3.63) is 29.6 Å². The second kappa shape index (κ2) is 4.15. The minimum absolute atomic E-state index is 0.0861. The SMILES string of the molecule is COCC(N)c1nc2c(F)cc(F)cc2[nH]1. The molecule has 1 unspecified atom stereocenters. The molecule has 0 aliphatic carbocycles. The Bertz CT molecular complexity index is 512. The van der Waals surface area contributed by atoms with Gasteiger partial charge in [-0.1, -0.05) is 0 Å². The molecule has 0 aliphatic rings. The lowest BCUT2D eigenvalue weighted by molar-refractivity contribution is 0.178. The zero-order valence-corrected chi connectivity index (χ0v) is 8.63. The van der Waals surface area contributed by atoms with Crippen molar-refractivity contribution >= 4 is 11.0 Å². The Hall–Kier alpha value is -1.53. The van der Waals surface area contributed by atoms with Crippen LogP contribution in [-0.2, 0) is 4.74 Å². The Balaban J connectivity index is 2.47. The predicted molar refractivity (Wildman–Crippen MR) is 54.8 cm³/mol. The summed E-state index contributed by atoms with van der Waals surface area (Å²) in [6.45, 7) is 0.254. The molecule has 86 valence electrons. The van der Waals surface area contributed by atoms with E-state index in [1.54, 1.807) is 0 Å². The van der Waals surface area contributed by atoms with Gasteiger partial charge in [-0.3, -0.25) is 0 Å². The van der Waals surface area contributed by atoms with E-state index >= 15 is 0 Å². The summed E-state index contributed by atoms with van der Waals surface area (Å²) in [4.78, 5) is 6.74. The molecule has 0 radical (unpaired) electrons. The number of imidazole rings is 1. The third-order valence-electron chi connectivity index (χ3n) is 2.22. The molecule has 0 spiro atoms. The van der Waals surface area contributed by atoms with E-state index in [0.29, 0.717) is 11.3 Å². The van der Waals surface area contributed by atoms with E-state index in [-0.39, 0.29) is 12.1 Å². The van der Waals surface area contributed by atoms with E-state index in [2.05, 4.69) is 9.97 Å². The zero-order valence-electron chi connectivity index (χ0n) is 8.63. The molecule has 0 amide bonds. The van der Waals surface area contributed by atoms with Crippen molar-refractivity contribution in [1.29, 1.82) is 0 Å². The summed E-state index contributed by atoms with van der Waals surface area (Å²) in [6, 6.07) is 1.48. The first kappa shape index (κ1) is 11.0. The van der Waals surface area contributed by atoms with E-state index in [0.717, 1.165) is 6.07 Å². The number of nitrogens with two attached hydrogens (primary N) is 1. The molecular formula is C10H11F2N3O. The number of nitrogens with zero attached hydrogens (tertiary/aromatic N) is 1. The van der Waals surface area contributed by atoms with Crippen molar-refractivity contribution in [2.45, 2.75) is 6.04 Å². The lowest BCUT2D eigenvalue weighted by Gasteiger charge is -2.05. The highest BCUT2D eigenvalue weighted by Gasteiger charge is 2.14. The first-order valence-corrected chi connectivity index (χ1v) is 4.71. The second-order valence-corrected chi connectivity index (χ2v) is 3.47. The molecule has 0 fully saturated rings. The van der Waals surface area contributed by atoms with Crippen LogP contribution in [0.4, 0.5) is 8.78 Å². The highest BCUT2D eigenvalue weighted by molar-refractivity contribution is 5.75. The summed E-state index contributed by atoms with van der Waals surface area (Å²) < 4.78 is 31.1. The number of methoxy groups -OCH3 is 1. The van der Waals surface area contributed by atoms with Crippen molar-refractivity contribution in [3.8, 4) is 0 Å². The lowest BCUT2D eigenvalue weighted by atomic mass is 10.3. The number of ether oxygens (including phenoxy) is 1. The molecule has 1 atom stereocenters. The van der Waals surface area contributed by atoms with Crippen LogP contribution in [0.15, 0.2) is 12.1 Å². The maximum atomic E-state index is 13.3. The van der Waals surface area contributed by atoms with Crippen LogP contribution in [0.1, 0.15) is 11.9 Å². The van der Waals surface area contributed by atoms with E-state index in [9.17, 15) is 8.78 Å². The monoisotopic (exact) mass is 227 g/mol. The fraction of sp³-hybridized carbons (Fsp3) is 0.300. The van der Waals surface area contributed by atoms with Gasteiger partial charge in [0.05, 0.1) is 18.2 Å². The molecular weight excluding hydrogens is 216 g/mol. The van der Waals surface area contributed by atoms with Crippen LogP contribution in [0.2, 0.25) is 0 Å². The second-order valence-electron chi connectivity index (χ2n) is 3.47.